The number of hydrogen-bond donors (Lipinski definition) is 0. The third-order valence-electron chi connectivity index (χ3n) is 1.36. The van der Waals surface area contributed by atoms with E-state index in [-0.39, 0.29) is 5.78 Å². The molecule has 0 bridgehead atoms. The third kappa shape index (κ3) is 4.18. The molecule has 2 nitrogen and oxygen atoms in total. The van der Waals surface area contributed by atoms with Crippen LogP contribution in [0.5, 0.6) is 0 Å². The van der Waals surface area contributed by atoms with E-state index in [4.69, 9.17) is 0 Å². The molecule has 0 aliphatic heterocycles. The highest BCUT2D eigenvalue weighted by Gasteiger charge is 2.06. The molecule has 0 aromatic carbocycles. The molecule has 0 unspecified atom stereocenters. The molecule has 0 N–H and O–H groups in total. The first-order chi connectivity index (χ1) is 5.86. The van der Waals surface area contributed by atoms with E-state index in [1.807, 2.05) is 13.8 Å². The van der Waals surface area contributed by atoms with Gasteiger partial charge in [0.2, 0.25) is 0 Å². The maximum absolute atomic E-state index is 11.1. The van der Waals surface area contributed by atoms with Crippen molar-refractivity contribution in [3.05, 3.63) is 22.3 Å². The lowest BCUT2D eigenvalue weighted by molar-refractivity contribution is -0.111. The largest absolute Gasteiger partial charge is 0.293 e. The molecule has 0 saturated heterocycles. The van der Waals surface area contributed by atoms with Crippen LogP contribution in [0.15, 0.2) is 27.3 Å². The number of hydrogen-bond acceptors (Lipinski definition) is 2. The summed E-state index contributed by atoms with van der Waals surface area (Å²) in [5.41, 5.74) is 2.14. The molecular formula is C10H14BrNO. The Bertz CT molecular complexity index is 280. The fraction of sp³-hybridized carbons (Fsp3) is 0.400. The van der Waals surface area contributed by atoms with Crippen LogP contribution < -0.4 is 0 Å². The molecule has 0 aliphatic carbocycles. The number of nitrogens with zero attached hydrogens (tertiary/aromatic N) is 1. The summed E-state index contributed by atoms with van der Waals surface area (Å²) in [4.78, 5) is 15.2. The van der Waals surface area contributed by atoms with Gasteiger partial charge in [0, 0.05) is 6.92 Å². The number of Topliss-reactive ketones (excluding diaryl/α,β-unsaturated/α-hetero) is 1. The molecule has 0 radical (unpaired) electrons. The summed E-state index contributed by atoms with van der Waals surface area (Å²) >= 11 is 3.28. The van der Waals surface area contributed by atoms with E-state index >= 15 is 0 Å². The molecule has 0 atom stereocenters. The Morgan fingerprint density at radius 1 is 1.23 bits per heavy atom. The highest BCUT2D eigenvalue weighted by molar-refractivity contribution is 9.11. The molecule has 0 aromatic rings. The van der Waals surface area contributed by atoms with E-state index < -0.39 is 0 Å². The smallest absolute Gasteiger partial charge is 0.178 e. The summed E-state index contributed by atoms with van der Waals surface area (Å²) in [6.07, 6.45) is 0. The van der Waals surface area contributed by atoms with Crippen molar-refractivity contribution in [2.24, 2.45) is 4.99 Å². The maximum atomic E-state index is 11.1. The van der Waals surface area contributed by atoms with Crippen LogP contribution in [0.3, 0.4) is 0 Å². The van der Waals surface area contributed by atoms with Gasteiger partial charge in [0.05, 0.1) is 0 Å². The zero-order valence-corrected chi connectivity index (χ0v) is 10.0. The van der Waals surface area contributed by atoms with E-state index in [0.29, 0.717) is 15.9 Å². The number of carbonyl (C=O) groups is 1. The van der Waals surface area contributed by atoms with Gasteiger partial charge in [-0.15, -0.1) is 0 Å². The van der Waals surface area contributed by atoms with Gasteiger partial charge in [-0.1, -0.05) is 6.58 Å². The summed E-state index contributed by atoms with van der Waals surface area (Å²) < 4.78 is 0.695. The molecule has 0 fully saturated rings. The summed E-state index contributed by atoms with van der Waals surface area (Å²) in [5.74, 6) is -0.0642. The Labute approximate surface area is 87.6 Å². The van der Waals surface area contributed by atoms with Gasteiger partial charge >= 0.3 is 0 Å². The molecule has 0 saturated carbocycles. The van der Waals surface area contributed by atoms with Crippen LogP contribution >= 0.6 is 15.9 Å². The second-order valence-corrected chi connectivity index (χ2v) is 3.84. The number of rotatable bonds is 3. The van der Waals surface area contributed by atoms with Crippen molar-refractivity contribution < 1.29 is 4.79 Å². The molecule has 3 heteroatoms. The Kier molecular flexibility index (Phi) is 4.85. The van der Waals surface area contributed by atoms with Gasteiger partial charge in [0.1, 0.15) is 10.3 Å². The molecule has 13 heavy (non-hydrogen) atoms. The molecule has 0 aromatic heterocycles. The van der Waals surface area contributed by atoms with Crippen LogP contribution in [-0.2, 0) is 4.79 Å². The Morgan fingerprint density at radius 2 is 1.69 bits per heavy atom. The number of halogens is 1. The molecule has 0 amide bonds. The lowest BCUT2D eigenvalue weighted by atomic mass is 10.1. The molecule has 72 valence electrons. The zero-order chi connectivity index (χ0) is 10.6. The summed E-state index contributed by atoms with van der Waals surface area (Å²) in [6, 6.07) is 0. The lowest BCUT2D eigenvalue weighted by Crippen LogP contribution is -2.10. The van der Waals surface area contributed by atoms with Gasteiger partial charge < -0.3 is 0 Å². The van der Waals surface area contributed by atoms with Crippen molar-refractivity contribution in [2.45, 2.75) is 27.7 Å². The third-order valence-corrected chi connectivity index (χ3v) is 2.33. The topological polar surface area (TPSA) is 29.4 Å². The van der Waals surface area contributed by atoms with Crippen LogP contribution in [-0.4, -0.2) is 11.5 Å². The zero-order valence-electron chi connectivity index (χ0n) is 8.44. The minimum Gasteiger partial charge on any atom is -0.293 e. The standard InChI is InChI=1S/C10H14BrNO/c1-6(2)9(8(5)13)12-10(11)7(3)4/h1H2,2-5H3. The highest BCUT2D eigenvalue weighted by atomic mass is 79.9. The number of aliphatic imine (C=N–C) groups is 1. The van der Waals surface area contributed by atoms with Gasteiger partial charge in [0.15, 0.2) is 5.78 Å². The first-order valence-corrected chi connectivity index (χ1v) is 4.74. The molecule has 0 rings (SSSR count). The Hall–Kier alpha value is -0.700. The highest BCUT2D eigenvalue weighted by Crippen LogP contribution is 2.14. The fourth-order valence-electron chi connectivity index (χ4n) is 0.685. The van der Waals surface area contributed by atoms with E-state index in [1.54, 1.807) is 6.92 Å². The van der Waals surface area contributed by atoms with E-state index in [9.17, 15) is 4.79 Å². The van der Waals surface area contributed by atoms with Gasteiger partial charge in [-0.25, -0.2) is 4.99 Å². The minimum atomic E-state index is -0.0642. The van der Waals surface area contributed by atoms with Crippen molar-refractivity contribution in [3.8, 4) is 0 Å². The summed E-state index contributed by atoms with van der Waals surface area (Å²) in [7, 11) is 0. The van der Waals surface area contributed by atoms with Crippen LogP contribution in [0, 0.1) is 0 Å². The summed E-state index contributed by atoms with van der Waals surface area (Å²) in [5, 5.41) is 0. The molecular weight excluding hydrogens is 230 g/mol. The fourth-order valence-corrected chi connectivity index (χ4v) is 0.862. The summed E-state index contributed by atoms with van der Waals surface area (Å²) in [6.45, 7) is 10.8. The Morgan fingerprint density at radius 3 is 1.92 bits per heavy atom. The monoisotopic (exact) mass is 243 g/mol. The number of ketones is 1. The van der Waals surface area contributed by atoms with Gasteiger partial charge in [0.25, 0.3) is 0 Å². The van der Waals surface area contributed by atoms with E-state index in [1.165, 1.54) is 6.92 Å². The molecule has 0 heterocycles. The second kappa shape index (κ2) is 5.12. The van der Waals surface area contributed by atoms with Crippen molar-refractivity contribution in [3.63, 3.8) is 0 Å². The quantitative estimate of drug-likeness (QED) is 0.553. The van der Waals surface area contributed by atoms with E-state index in [2.05, 4.69) is 27.5 Å². The van der Waals surface area contributed by atoms with E-state index in [0.717, 1.165) is 5.57 Å². The average molecular weight is 244 g/mol. The van der Waals surface area contributed by atoms with Crippen LogP contribution in [0.1, 0.15) is 27.7 Å². The number of carbonyl (C=O) groups excluding carboxylic acids is 1. The molecule has 0 aliphatic rings. The van der Waals surface area contributed by atoms with Crippen molar-refractivity contribution in [1.82, 2.24) is 0 Å². The predicted molar refractivity (Wildman–Crippen MR) is 60.2 cm³/mol. The van der Waals surface area contributed by atoms with Gasteiger partial charge in [-0.05, 0) is 47.8 Å². The van der Waals surface area contributed by atoms with Crippen LogP contribution in [0.25, 0.3) is 0 Å². The van der Waals surface area contributed by atoms with Crippen LogP contribution in [0.4, 0.5) is 0 Å². The van der Waals surface area contributed by atoms with Gasteiger partial charge in [-0.2, -0.15) is 0 Å². The van der Waals surface area contributed by atoms with Crippen molar-refractivity contribution in [2.75, 3.05) is 0 Å². The maximum Gasteiger partial charge on any atom is 0.178 e. The lowest BCUT2D eigenvalue weighted by Gasteiger charge is -2.01. The Balaban J connectivity index is 5.08. The number of allylic oxidation sites excluding steroid dienone is 2. The predicted octanol–water partition coefficient (Wildman–Crippen LogP) is 3.24. The first-order valence-electron chi connectivity index (χ1n) is 3.94. The second-order valence-electron chi connectivity index (χ2n) is 3.09. The van der Waals surface area contributed by atoms with Crippen molar-refractivity contribution >= 4 is 27.4 Å². The van der Waals surface area contributed by atoms with Crippen molar-refractivity contribution in [1.29, 1.82) is 0 Å². The first kappa shape index (κ1) is 12.3. The molecule has 0 spiro atoms. The normalized spacial score (nSPS) is 11.0. The minimum absolute atomic E-state index is 0.0642. The van der Waals surface area contributed by atoms with Crippen LogP contribution in [0.2, 0.25) is 0 Å². The SMILES string of the molecule is C=C(C)C(=NC(Br)=C(C)C)C(C)=O. The van der Waals surface area contributed by atoms with Gasteiger partial charge in [-0.3, -0.25) is 4.79 Å². The average Bonchev–Trinajstić information content (AvgIpc) is 1.97.